The minimum Gasteiger partial charge on any atom is -0.477 e. The van der Waals surface area contributed by atoms with Gasteiger partial charge in [-0.1, -0.05) is 11.6 Å². The quantitative estimate of drug-likeness (QED) is 0.600. The summed E-state index contributed by atoms with van der Waals surface area (Å²) in [5.41, 5.74) is 1.09. The SMILES string of the molecule is O=C(c1cc(Cl)ccc1-n1nccn1)N1C2CCC1[C@@H](COc1ccc(F)cn1)CC2. The van der Waals surface area contributed by atoms with E-state index in [9.17, 15) is 9.18 Å². The summed E-state index contributed by atoms with van der Waals surface area (Å²) in [7, 11) is 0. The summed E-state index contributed by atoms with van der Waals surface area (Å²) >= 11 is 6.23. The van der Waals surface area contributed by atoms with Gasteiger partial charge in [0.2, 0.25) is 5.88 Å². The van der Waals surface area contributed by atoms with E-state index in [1.807, 2.05) is 4.90 Å². The monoisotopic (exact) mass is 441 g/mol. The van der Waals surface area contributed by atoms with Crippen LogP contribution in [0, 0.1) is 11.7 Å². The second-order valence-corrected chi connectivity index (χ2v) is 8.39. The number of hydrogen-bond acceptors (Lipinski definition) is 5. The van der Waals surface area contributed by atoms with Crippen molar-refractivity contribution in [3.8, 4) is 11.6 Å². The van der Waals surface area contributed by atoms with Gasteiger partial charge in [-0.3, -0.25) is 4.79 Å². The van der Waals surface area contributed by atoms with Crippen LogP contribution >= 0.6 is 11.6 Å². The van der Waals surface area contributed by atoms with Crippen molar-refractivity contribution in [3.63, 3.8) is 0 Å². The molecule has 160 valence electrons. The van der Waals surface area contributed by atoms with Gasteiger partial charge < -0.3 is 9.64 Å². The highest BCUT2D eigenvalue weighted by Gasteiger charge is 2.45. The summed E-state index contributed by atoms with van der Waals surface area (Å²) in [5, 5.41) is 8.85. The van der Waals surface area contributed by atoms with Gasteiger partial charge in [0.25, 0.3) is 5.91 Å². The third kappa shape index (κ3) is 3.87. The van der Waals surface area contributed by atoms with Crippen molar-refractivity contribution in [3.05, 3.63) is 65.3 Å². The van der Waals surface area contributed by atoms with Crippen molar-refractivity contribution in [1.29, 1.82) is 0 Å². The molecule has 2 saturated heterocycles. The van der Waals surface area contributed by atoms with E-state index in [1.54, 1.807) is 30.6 Å². The van der Waals surface area contributed by atoms with Crippen molar-refractivity contribution < 1.29 is 13.9 Å². The first-order valence-corrected chi connectivity index (χ1v) is 10.7. The maximum atomic E-state index is 13.7. The van der Waals surface area contributed by atoms with Crippen LogP contribution in [0.2, 0.25) is 5.02 Å². The van der Waals surface area contributed by atoms with Crippen LogP contribution in [0.25, 0.3) is 5.69 Å². The van der Waals surface area contributed by atoms with Crippen molar-refractivity contribution >= 4 is 17.5 Å². The number of carbonyl (C=O) groups excluding carboxylic acids is 1. The van der Waals surface area contributed by atoms with E-state index in [4.69, 9.17) is 16.3 Å². The molecule has 4 heterocycles. The Kier molecular flexibility index (Phi) is 5.31. The smallest absolute Gasteiger partial charge is 0.256 e. The predicted molar refractivity (Wildman–Crippen MR) is 112 cm³/mol. The van der Waals surface area contributed by atoms with Crippen LogP contribution in [0.4, 0.5) is 4.39 Å². The molecule has 31 heavy (non-hydrogen) atoms. The van der Waals surface area contributed by atoms with Gasteiger partial charge in [-0.15, -0.1) is 0 Å². The van der Waals surface area contributed by atoms with Crippen LogP contribution in [-0.2, 0) is 0 Å². The second-order valence-electron chi connectivity index (χ2n) is 7.95. The van der Waals surface area contributed by atoms with Gasteiger partial charge in [0, 0.05) is 29.1 Å². The van der Waals surface area contributed by atoms with Gasteiger partial charge in [0.15, 0.2) is 0 Å². The van der Waals surface area contributed by atoms with Crippen molar-refractivity contribution in [2.45, 2.75) is 37.8 Å². The Labute approximate surface area is 183 Å². The Hall–Kier alpha value is -3.00. The molecule has 3 aromatic rings. The number of hydrogen-bond donors (Lipinski definition) is 0. The summed E-state index contributed by atoms with van der Waals surface area (Å²) in [6, 6.07) is 8.31. The first kappa shape index (κ1) is 19.9. The first-order valence-electron chi connectivity index (χ1n) is 10.3. The van der Waals surface area contributed by atoms with Crippen LogP contribution in [0.1, 0.15) is 36.0 Å². The third-order valence-electron chi connectivity index (χ3n) is 6.16. The Morgan fingerprint density at radius 3 is 2.71 bits per heavy atom. The number of amides is 1. The van der Waals surface area contributed by atoms with Gasteiger partial charge in [-0.2, -0.15) is 15.0 Å². The minimum atomic E-state index is -0.399. The van der Waals surface area contributed by atoms with Crippen LogP contribution in [0.5, 0.6) is 5.88 Å². The molecule has 2 aliphatic rings. The zero-order valence-electron chi connectivity index (χ0n) is 16.7. The summed E-state index contributed by atoms with van der Waals surface area (Å²) < 4.78 is 18.9. The molecule has 0 radical (unpaired) electrons. The molecule has 0 saturated carbocycles. The molecular formula is C22H21ClFN5O2. The molecule has 5 rings (SSSR count). The highest BCUT2D eigenvalue weighted by atomic mass is 35.5. The number of fused-ring (bicyclic) bond motifs is 2. The average molecular weight is 442 g/mol. The van der Waals surface area contributed by atoms with E-state index in [0.29, 0.717) is 28.8 Å². The fourth-order valence-corrected chi connectivity index (χ4v) is 4.91. The molecule has 2 bridgehead atoms. The van der Waals surface area contributed by atoms with Crippen LogP contribution in [-0.4, -0.2) is 49.5 Å². The molecule has 2 aromatic heterocycles. The van der Waals surface area contributed by atoms with E-state index < -0.39 is 5.82 Å². The van der Waals surface area contributed by atoms with E-state index in [2.05, 4.69) is 15.2 Å². The molecule has 2 aliphatic heterocycles. The maximum Gasteiger partial charge on any atom is 0.256 e. The molecule has 0 aliphatic carbocycles. The molecule has 1 aromatic carbocycles. The molecule has 9 heteroatoms. The van der Waals surface area contributed by atoms with Gasteiger partial charge in [-0.05, 0) is 49.9 Å². The minimum absolute atomic E-state index is 0.0630. The molecule has 3 atom stereocenters. The van der Waals surface area contributed by atoms with Gasteiger partial charge in [-0.25, -0.2) is 9.37 Å². The summed E-state index contributed by atoms with van der Waals surface area (Å²) in [4.78, 5) is 21.1. The highest BCUT2D eigenvalue weighted by Crippen LogP contribution is 2.41. The Balaban J connectivity index is 1.38. The average Bonchev–Trinajstić information content (AvgIpc) is 3.41. The Bertz CT molecular complexity index is 1080. The summed E-state index contributed by atoms with van der Waals surface area (Å²) in [6.07, 6.45) is 8.08. The largest absolute Gasteiger partial charge is 0.477 e. The number of rotatable bonds is 5. The maximum absolute atomic E-state index is 13.7. The topological polar surface area (TPSA) is 73.1 Å². The first-order chi connectivity index (χ1) is 15.1. The number of benzene rings is 1. The number of carbonyl (C=O) groups is 1. The van der Waals surface area contributed by atoms with Gasteiger partial charge in [0.05, 0.1) is 36.4 Å². The summed E-state index contributed by atoms with van der Waals surface area (Å²) in [5.74, 6) is 0.109. The fraction of sp³-hybridized carbons (Fsp3) is 0.364. The number of halogens is 2. The molecule has 0 spiro atoms. The molecule has 0 N–H and O–H groups in total. The van der Waals surface area contributed by atoms with Crippen LogP contribution < -0.4 is 4.74 Å². The Morgan fingerprint density at radius 1 is 1.13 bits per heavy atom. The molecule has 2 fully saturated rings. The summed E-state index contributed by atoms with van der Waals surface area (Å²) in [6.45, 7) is 0.433. The lowest BCUT2D eigenvalue weighted by atomic mass is 9.90. The molecule has 1 amide bonds. The number of ether oxygens (including phenoxy) is 1. The van der Waals surface area contributed by atoms with Crippen molar-refractivity contribution in [2.75, 3.05) is 6.61 Å². The standard InChI is InChI=1S/C22H21ClFN5O2/c23-15-2-6-20(29-26-9-10-27-29)18(11-15)22(30)28-17-4-1-14(19(28)7-5-17)13-31-21-8-3-16(24)12-25-21/h2-3,6,8-12,14,17,19H,1,4-5,7,13H2/t14-,17?,19?/m1/s1. The zero-order chi connectivity index (χ0) is 21.4. The van der Waals surface area contributed by atoms with E-state index in [1.165, 1.54) is 16.9 Å². The number of piperidine rings is 1. The fourth-order valence-electron chi connectivity index (χ4n) is 4.74. The molecule has 7 nitrogen and oxygen atoms in total. The zero-order valence-corrected chi connectivity index (χ0v) is 17.5. The normalized spacial score (nSPS) is 22.5. The lowest BCUT2D eigenvalue weighted by molar-refractivity contribution is 0.0403. The lowest BCUT2D eigenvalue weighted by Gasteiger charge is -2.40. The van der Waals surface area contributed by atoms with Crippen LogP contribution in [0.3, 0.4) is 0 Å². The molecular weight excluding hydrogens is 421 g/mol. The number of pyridine rings is 1. The third-order valence-corrected chi connectivity index (χ3v) is 6.40. The number of nitrogens with zero attached hydrogens (tertiary/aromatic N) is 5. The van der Waals surface area contributed by atoms with Crippen LogP contribution in [0.15, 0.2) is 48.9 Å². The second kappa shape index (κ2) is 8.26. The highest BCUT2D eigenvalue weighted by molar-refractivity contribution is 6.31. The van der Waals surface area contributed by atoms with Crippen molar-refractivity contribution in [2.24, 2.45) is 5.92 Å². The number of aromatic nitrogens is 4. The van der Waals surface area contributed by atoms with Crippen molar-refractivity contribution in [1.82, 2.24) is 24.9 Å². The van der Waals surface area contributed by atoms with E-state index in [0.717, 1.165) is 31.9 Å². The van der Waals surface area contributed by atoms with E-state index >= 15 is 0 Å². The van der Waals surface area contributed by atoms with Gasteiger partial charge in [0.1, 0.15) is 5.82 Å². The Morgan fingerprint density at radius 2 is 1.94 bits per heavy atom. The van der Waals surface area contributed by atoms with E-state index in [-0.39, 0.29) is 23.9 Å². The molecule has 2 unspecified atom stereocenters. The lowest BCUT2D eigenvalue weighted by Crippen LogP contribution is -2.49. The van der Waals surface area contributed by atoms with Gasteiger partial charge >= 0.3 is 0 Å². The predicted octanol–water partition coefficient (Wildman–Crippen LogP) is 3.92.